The van der Waals surface area contributed by atoms with Gasteiger partial charge in [-0.2, -0.15) is 0 Å². The third kappa shape index (κ3) is 3.68. The molecule has 0 aliphatic rings. The second kappa shape index (κ2) is 6.65. The molecule has 0 bridgehead atoms. The number of nitrogens with one attached hydrogen (secondary N) is 1. The number of pyridine rings is 1. The van der Waals surface area contributed by atoms with Gasteiger partial charge in [-0.1, -0.05) is 12.1 Å². The van der Waals surface area contributed by atoms with Crippen LogP contribution in [-0.4, -0.2) is 20.9 Å². The third-order valence-electron chi connectivity index (χ3n) is 3.32. The van der Waals surface area contributed by atoms with Gasteiger partial charge in [0.15, 0.2) is 0 Å². The molecule has 0 spiro atoms. The molecule has 1 amide bonds. The van der Waals surface area contributed by atoms with E-state index in [-0.39, 0.29) is 0 Å². The first kappa shape index (κ1) is 14.6. The number of rotatable bonds is 5. The van der Waals surface area contributed by atoms with Crippen molar-refractivity contribution in [3.63, 3.8) is 0 Å². The monoisotopic (exact) mass is 305 g/mol. The van der Waals surface area contributed by atoms with E-state index in [0.29, 0.717) is 18.1 Å². The molecule has 0 radical (unpaired) electrons. The number of nitrogens with two attached hydrogens (primary N) is 1. The predicted molar refractivity (Wildman–Crippen MR) is 87.5 cm³/mol. The minimum absolute atomic E-state index is 0.445. The van der Waals surface area contributed by atoms with E-state index in [1.165, 1.54) is 0 Å². The van der Waals surface area contributed by atoms with Gasteiger partial charge in [-0.15, -0.1) is 0 Å². The Labute approximate surface area is 133 Å². The van der Waals surface area contributed by atoms with Crippen LogP contribution in [0.4, 0.5) is 5.95 Å². The Bertz CT molecular complexity index is 803. The van der Waals surface area contributed by atoms with E-state index < -0.39 is 5.91 Å². The molecular weight excluding hydrogens is 290 g/mol. The molecule has 0 atom stereocenters. The molecule has 3 aromatic rings. The first-order chi connectivity index (χ1) is 11.2. The summed E-state index contributed by atoms with van der Waals surface area (Å²) in [7, 11) is 0. The molecule has 2 aromatic heterocycles. The third-order valence-corrected chi connectivity index (χ3v) is 3.32. The number of carbonyl (C=O) groups excluding carboxylic acids is 1. The number of anilines is 1. The van der Waals surface area contributed by atoms with Crippen LogP contribution in [0.25, 0.3) is 11.3 Å². The second-order valence-corrected chi connectivity index (χ2v) is 4.92. The summed E-state index contributed by atoms with van der Waals surface area (Å²) >= 11 is 0. The Hall–Kier alpha value is -3.28. The Morgan fingerprint density at radius 3 is 2.43 bits per heavy atom. The van der Waals surface area contributed by atoms with E-state index in [1.807, 2.05) is 30.3 Å². The molecule has 3 N–H and O–H groups in total. The van der Waals surface area contributed by atoms with Crippen LogP contribution in [0.2, 0.25) is 0 Å². The average Bonchev–Trinajstić information content (AvgIpc) is 2.61. The lowest BCUT2D eigenvalue weighted by molar-refractivity contribution is 0.100. The Morgan fingerprint density at radius 2 is 1.74 bits per heavy atom. The van der Waals surface area contributed by atoms with Crippen LogP contribution in [0.5, 0.6) is 0 Å². The summed E-state index contributed by atoms with van der Waals surface area (Å²) in [5, 5.41) is 3.18. The molecule has 0 aliphatic carbocycles. The van der Waals surface area contributed by atoms with Crippen LogP contribution in [0.15, 0.2) is 61.1 Å². The van der Waals surface area contributed by atoms with E-state index in [0.717, 1.165) is 16.8 Å². The van der Waals surface area contributed by atoms with E-state index >= 15 is 0 Å². The molecule has 0 unspecified atom stereocenters. The Kier molecular flexibility index (Phi) is 4.24. The zero-order valence-electron chi connectivity index (χ0n) is 12.3. The van der Waals surface area contributed by atoms with Gasteiger partial charge in [0.2, 0.25) is 11.9 Å². The highest BCUT2D eigenvalue weighted by molar-refractivity contribution is 5.93. The van der Waals surface area contributed by atoms with Crippen molar-refractivity contribution in [2.24, 2.45) is 5.73 Å². The Morgan fingerprint density at radius 1 is 1.00 bits per heavy atom. The number of benzene rings is 1. The van der Waals surface area contributed by atoms with Gasteiger partial charge in [0.25, 0.3) is 0 Å². The van der Waals surface area contributed by atoms with Crippen molar-refractivity contribution in [3.05, 3.63) is 72.2 Å². The number of primary amides is 1. The zero-order valence-corrected chi connectivity index (χ0v) is 12.3. The number of carbonyl (C=O) groups is 1. The van der Waals surface area contributed by atoms with E-state index in [4.69, 9.17) is 5.73 Å². The molecule has 114 valence electrons. The highest BCUT2D eigenvalue weighted by atomic mass is 16.1. The number of hydrogen-bond donors (Lipinski definition) is 2. The van der Waals surface area contributed by atoms with Crippen LogP contribution in [0, 0.1) is 0 Å². The first-order valence-corrected chi connectivity index (χ1v) is 7.08. The van der Waals surface area contributed by atoms with Crippen molar-refractivity contribution in [2.45, 2.75) is 6.54 Å². The summed E-state index contributed by atoms with van der Waals surface area (Å²) < 4.78 is 0. The van der Waals surface area contributed by atoms with Gasteiger partial charge < -0.3 is 11.1 Å². The van der Waals surface area contributed by atoms with E-state index in [1.54, 1.807) is 30.7 Å². The van der Waals surface area contributed by atoms with Crippen LogP contribution in [-0.2, 0) is 6.54 Å². The van der Waals surface area contributed by atoms with Crippen molar-refractivity contribution >= 4 is 11.9 Å². The minimum atomic E-state index is -0.445. The second-order valence-electron chi connectivity index (χ2n) is 4.92. The molecule has 6 heteroatoms. The summed E-state index contributed by atoms with van der Waals surface area (Å²) in [4.78, 5) is 23.8. The standard InChI is InChI=1S/C17H15N5O/c18-16(23)14-3-1-13(2-4-14)15-7-10-20-17(22-15)21-11-12-5-8-19-9-6-12/h1-10H,11H2,(H2,18,23)(H,20,21,22). The van der Waals surface area contributed by atoms with Gasteiger partial charge in [0, 0.05) is 36.3 Å². The molecule has 2 heterocycles. The fraction of sp³-hybridized carbons (Fsp3) is 0.0588. The summed E-state index contributed by atoms with van der Waals surface area (Å²) in [5.41, 5.74) is 8.48. The fourth-order valence-corrected chi connectivity index (χ4v) is 2.09. The maximum absolute atomic E-state index is 11.1. The van der Waals surface area contributed by atoms with Crippen LogP contribution >= 0.6 is 0 Å². The van der Waals surface area contributed by atoms with Gasteiger partial charge in [-0.3, -0.25) is 9.78 Å². The number of amides is 1. The molecule has 0 saturated heterocycles. The van der Waals surface area contributed by atoms with Crippen LogP contribution in [0.3, 0.4) is 0 Å². The van der Waals surface area contributed by atoms with Gasteiger partial charge in [0.1, 0.15) is 0 Å². The summed E-state index contributed by atoms with van der Waals surface area (Å²) in [6, 6.07) is 12.7. The lowest BCUT2D eigenvalue weighted by atomic mass is 10.1. The smallest absolute Gasteiger partial charge is 0.248 e. The Balaban J connectivity index is 1.75. The molecule has 3 rings (SSSR count). The average molecular weight is 305 g/mol. The largest absolute Gasteiger partial charge is 0.366 e. The topological polar surface area (TPSA) is 93.8 Å². The fourth-order valence-electron chi connectivity index (χ4n) is 2.09. The minimum Gasteiger partial charge on any atom is -0.366 e. The van der Waals surface area contributed by atoms with Gasteiger partial charge >= 0.3 is 0 Å². The number of aromatic nitrogens is 3. The number of nitrogens with zero attached hydrogens (tertiary/aromatic N) is 3. The molecule has 0 fully saturated rings. The molecule has 1 aromatic carbocycles. The van der Waals surface area contributed by atoms with E-state index in [9.17, 15) is 4.79 Å². The van der Waals surface area contributed by atoms with Crippen molar-refractivity contribution in [1.82, 2.24) is 15.0 Å². The number of hydrogen-bond acceptors (Lipinski definition) is 5. The van der Waals surface area contributed by atoms with Crippen molar-refractivity contribution in [2.75, 3.05) is 5.32 Å². The first-order valence-electron chi connectivity index (χ1n) is 7.08. The van der Waals surface area contributed by atoms with Crippen LogP contribution < -0.4 is 11.1 Å². The molecule has 6 nitrogen and oxygen atoms in total. The molecule has 0 aliphatic heterocycles. The highest BCUT2D eigenvalue weighted by Crippen LogP contribution is 2.18. The normalized spacial score (nSPS) is 10.3. The maximum atomic E-state index is 11.1. The summed E-state index contributed by atoms with van der Waals surface area (Å²) in [6.45, 7) is 0.618. The predicted octanol–water partition coefficient (Wildman–Crippen LogP) is 2.25. The van der Waals surface area contributed by atoms with Crippen molar-refractivity contribution < 1.29 is 4.79 Å². The summed E-state index contributed by atoms with van der Waals surface area (Å²) in [6.07, 6.45) is 5.18. The quantitative estimate of drug-likeness (QED) is 0.754. The molecule has 0 saturated carbocycles. The van der Waals surface area contributed by atoms with E-state index in [2.05, 4.69) is 20.3 Å². The van der Waals surface area contributed by atoms with Crippen molar-refractivity contribution in [1.29, 1.82) is 0 Å². The lowest BCUT2D eigenvalue weighted by Gasteiger charge is -2.07. The lowest BCUT2D eigenvalue weighted by Crippen LogP contribution is -2.10. The zero-order chi connectivity index (χ0) is 16.1. The van der Waals surface area contributed by atoms with Crippen molar-refractivity contribution in [3.8, 4) is 11.3 Å². The molecular formula is C17H15N5O. The highest BCUT2D eigenvalue weighted by Gasteiger charge is 2.04. The summed E-state index contributed by atoms with van der Waals surface area (Å²) in [5.74, 6) is 0.0947. The van der Waals surface area contributed by atoms with Gasteiger partial charge in [-0.05, 0) is 35.9 Å². The van der Waals surface area contributed by atoms with Gasteiger partial charge in [0.05, 0.1) is 5.69 Å². The van der Waals surface area contributed by atoms with Crippen LogP contribution in [0.1, 0.15) is 15.9 Å². The SMILES string of the molecule is NC(=O)c1ccc(-c2ccnc(NCc3ccncc3)n2)cc1. The molecule has 23 heavy (non-hydrogen) atoms. The maximum Gasteiger partial charge on any atom is 0.248 e. The van der Waals surface area contributed by atoms with Gasteiger partial charge in [-0.25, -0.2) is 9.97 Å².